The van der Waals surface area contributed by atoms with Crippen LogP contribution < -0.4 is 0 Å². The Kier molecular flexibility index (Phi) is 14.1. The van der Waals surface area contributed by atoms with E-state index in [1.54, 1.807) is 45.0 Å². The first kappa shape index (κ1) is 35.5. The lowest BCUT2D eigenvalue weighted by atomic mass is 9.79. The van der Waals surface area contributed by atoms with E-state index in [0.717, 1.165) is 5.57 Å². The number of nitrogens with zero attached hydrogens (tertiary/aromatic N) is 1. The number of hydrogen-bond donors (Lipinski definition) is 4. The monoisotopic (exact) mass is 583 g/mol. The summed E-state index contributed by atoms with van der Waals surface area (Å²) in [6.07, 6.45) is -0.144. The first-order valence-electron chi connectivity index (χ1n) is 14.9. The van der Waals surface area contributed by atoms with Gasteiger partial charge >= 0.3 is 5.97 Å². The topological polar surface area (TPSA) is 146 Å². The molecule has 12 unspecified atom stereocenters. The van der Waals surface area contributed by atoms with E-state index < -0.39 is 72.7 Å². The second kappa shape index (κ2) is 16.3. The summed E-state index contributed by atoms with van der Waals surface area (Å²) in [6, 6.07) is -0.670. The normalized spacial score (nSPS) is 42.4. The van der Waals surface area contributed by atoms with Gasteiger partial charge in [-0.2, -0.15) is 0 Å². The van der Waals surface area contributed by atoms with Crippen LogP contribution in [0.1, 0.15) is 67.2 Å². The lowest BCUT2D eigenvalue weighted by Gasteiger charge is -2.46. The minimum Gasteiger partial charge on any atom is -0.462 e. The van der Waals surface area contributed by atoms with Crippen LogP contribution in [0.5, 0.6) is 0 Å². The van der Waals surface area contributed by atoms with Gasteiger partial charge in [-0.05, 0) is 59.2 Å². The zero-order chi connectivity index (χ0) is 31.0. The van der Waals surface area contributed by atoms with Gasteiger partial charge in [-0.1, -0.05) is 45.4 Å². The lowest BCUT2D eigenvalue weighted by Crippen LogP contribution is -2.63. The van der Waals surface area contributed by atoms with Crippen molar-refractivity contribution in [1.82, 2.24) is 4.90 Å². The van der Waals surface area contributed by atoms with E-state index in [9.17, 15) is 30.0 Å². The average Bonchev–Trinajstić information content (AvgIpc) is 2.90. The Morgan fingerprint density at radius 3 is 2.29 bits per heavy atom. The summed E-state index contributed by atoms with van der Waals surface area (Å²) < 4.78 is 18.1. The maximum Gasteiger partial charge on any atom is 0.308 e. The summed E-state index contributed by atoms with van der Waals surface area (Å²) in [5.74, 6) is -2.20. The van der Waals surface area contributed by atoms with Gasteiger partial charge in [0.15, 0.2) is 12.1 Å². The molecule has 10 nitrogen and oxygen atoms in total. The van der Waals surface area contributed by atoms with Gasteiger partial charge in [-0.3, -0.25) is 9.59 Å². The predicted octanol–water partition coefficient (Wildman–Crippen LogP) is 2.22. The molecule has 0 saturated carbocycles. The number of hydrogen-bond acceptors (Lipinski definition) is 10. The highest BCUT2D eigenvalue weighted by atomic mass is 16.7. The third kappa shape index (κ3) is 9.68. The summed E-state index contributed by atoms with van der Waals surface area (Å²) in [5, 5.41) is 43.0. The zero-order valence-electron chi connectivity index (χ0n) is 26.0. The van der Waals surface area contributed by atoms with Crippen LogP contribution in [0.15, 0.2) is 23.8 Å². The zero-order valence-corrected chi connectivity index (χ0v) is 26.0. The summed E-state index contributed by atoms with van der Waals surface area (Å²) in [6.45, 7) is 10.8. The van der Waals surface area contributed by atoms with Crippen LogP contribution in [0.4, 0.5) is 0 Å². The molecule has 0 radical (unpaired) electrons. The molecule has 0 aromatic rings. The molecule has 0 aliphatic carbocycles. The number of ketones is 1. The molecule has 236 valence electrons. The Labute approximate surface area is 245 Å². The number of carbonyl (C=O) groups excluding carboxylic acids is 2. The number of aliphatic hydroxyl groups excluding tert-OH is 4. The number of allylic oxidation sites excluding steroid dienone is 3. The fraction of sp³-hybridized carbons (Fsp3) is 0.806. The number of cyclic esters (lactones) is 1. The Morgan fingerprint density at radius 1 is 1.05 bits per heavy atom. The van der Waals surface area contributed by atoms with E-state index in [-0.39, 0.29) is 31.1 Å². The fourth-order valence-electron chi connectivity index (χ4n) is 6.02. The highest BCUT2D eigenvalue weighted by Crippen LogP contribution is 2.34. The number of likely N-dealkylation sites (N-methyl/N-ethyl adjacent to an activating group) is 1. The minimum atomic E-state index is -1.22. The van der Waals surface area contributed by atoms with Gasteiger partial charge < -0.3 is 39.5 Å². The van der Waals surface area contributed by atoms with Crippen molar-refractivity contribution >= 4 is 11.8 Å². The van der Waals surface area contributed by atoms with Gasteiger partial charge in [-0.25, -0.2) is 0 Å². The quantitative estimate of drug-likeness (QED) is 0.343. The number of aliphatic hydroxyl groups is 4. The van der Waals surface area contributed by atoms with Crippen LogP contribution in [-0.4, -0.2) is 107 Å². The molecule has 0 spiro atoms. The van der Waals surface area contributed by atoms with E-state index in [1.165, 1.54) is 0 Å². The van der Waals surface area contributed by atoms with Crippen molar-refractivity contribution in [3.63, 3.8) is 0 Å². The predicted molar refractivity (Wildman–Crippen MR) is 155 cm³/mol. The Morgan fingerprint density at radius 2 is 1.71 bits per heavy atom. The van der Waals surface area contributed by atoms with Crippen LogP contribution in [-0.2, 0) is 23.8 Å². The third-order valence-corrected chi connectivity index (χ3v) is 8.61. The van der Waals surface area contributed by atoms with Crippen molar-refractivity contribution in [2.45, 2.75) is 116 Å². The van der Waals surface area contributed by atoms with Crippen LogP contribution >= 0.6 is 0 Å². The SMILES string of the molecule is CCC1OC(=O)CC(O)C(C)C(OC2OC(C)C(O)C(N(C)C)C2O)C(CCO)CC(C)C(=O)/C=C/C(C)=C/C1C. The van der Waals surface area contributed by atoms with E-state index in [4.69, 9.17) is 14.2 Å². The molecule has 0 aromatic heterocycles. The molecular formula is C31H53NO9. The van der Waals surface area contributed by atoms with Gasteiger partial charge in [0.05, 0.1) is 36.9 Å². The molecule has 41 heavy (non-hydrogen) atoms. The van der Waals surface area contributed by atoms with Crippen LogP contribution in [0.2, 0.25) is 0 Å². The van der Waals surface area contributed by atoms with E-state index in [1.807, 2.05) is 33.8 Å². The van der Waals surface area contributed by atoms with Crippen LogP contribution in [0, 0.1) is 23.7 Å². The van der Waals surface area contributed by atoms with Crippen molar-refractivity contribution in [2.24, 2.45) is 23.7 Å². The average molecular weight is 584 g/mol. The molecule has 10 heteroatoms. The number of carbonyl (C=O) groups is 2. The number of ether oxygens (including phenoxy) is 3. The largest absolute Gasteiger partial charge is 0.462 e. The molecule has 2 aliphatic heterocycles. The number of esters is 1. The molecule has 1 fully saturated rings. The van der Waals surface area contributed by atoms with Crippen LogP contribution in [0.3, 0.4) is 0 Å². The third-order valence-electron chi connectivity index (χ3n) is 8.61. The van der Waals surface area contributed by atoms with Crippen molar-refractivity contribution < 1.29 is 44.2 Å². The van der Waals surface area contributed by atoms with Gasteiger partial charge in [0.2, 0.25) is 0 Å². The van der Waals surface area contributed by atoms with E-state index in [0.29, 0.717) is 12.8 Å². The highest BCUT2D eigenvalue weighted by molar-refractivity contribution is 5.91. The van der Waals surface area contributed by atoms with Crippen molar-refractivity contribution in [3.8, 4) is 0 Å². The number of rotatable bonds is 6. The molecule has 0 bridgehead atoms. The molecule has 0 aromatic carbocycles. The van der Waals surface area contributed by atoms with E-state index in [2.05, 4.69) is 0 Å². The maximum absolute atomic E-state index is 13.1. The van der Waals surface area contributed by atoms with Gasteiger partial charge in [-0.15, -0.1) is 0 Å². The van der Waals surface area contributed by atoms with E-state index >= 15 is 0 Å². The van der Waals surface area contributed by atoms with Gasteiger partial charge in [0.25, 0.3) is 0 Å². The Balaban J connectivity index is 2.49. The summed E-state index contributed by atoms with van der Waals surface area (Å²) >= 11 is 0. The molecule has 1 saturated heterocycles. The molecule has 2 heterocycles. The smallest absolute Gasteiger partial charge is 0.308 e. The summed E-state index contributed by atoms with van der Waals surface area (Å²) in [7, 11) is 3.49. The summed E-state index contributed by atoms with van der Waals surface area (Å²) in [5.41, 5.74) is 0.872. The first-order chi connectivity index (χ1) is 19.2. The molecule has 2 rings (SSSR count). The Hall–Kier alpha value is -1.66. The lowest BCUT2D eigenvalue weighted by molar-refractivity contribution is -0.304. The second-order valence-electron chi connectivity index (χ2n) is 12.2. The molecule has 4 N–H and O–H groups in total. The van der Waals surface area contributed by atoms with Gasteiger partial charge in [0, 0.05) is 24.4 Å². The summed E-state index contributed by atoms with van der Waals surface area (Å²) in [4.78, 5) is 27.7. The fourth-order valence-corrected chi connectivity index (χ4v) is 6.02. The van der Waals surface area contributed by atoms with Crippen molar-refractivity contribution in [3.05, 3.63) is 23.8 Å². The van der Waals surface area contributed by atoms with Crippen molar-refractivity contribution in [1.29, 1.82) is 0 Å². The molecular weight excluding hydrogens is 530 g/mol. The standard InChI is InChI=1S/C31H53NO9/c1-9-25-19(4)14-17(2)10-11-23(34)18(3)15-22(12-13-33)30(20(5)24(35)16-26(36)40-25)41-31-29(38)27(32(7)8)28(37)21(6)39-31/h10-11,14,18-22,24-25,27-31,33,35,37-38H,9,12-13,15-16H2,1-8H3/b11-10+,17-14+. The first-order valence-corrected chi connectivity index (χ1v) is 14.9. The molecule has 2 aliphatic rings. The Bertz CT molecular complexity index is 906. The minimum absolute atomic E-state index is 0.0794. The highest BCUT2D eigenvalue weighted by Gasteiger charge is 2.47. The van der Waals surface area contributed by atoms with Crippen LogP contribution in [0.25, 0.3) is 0 Å². The maximum atomic E-state index is 13.1. The molecule has 12 atom stereocenters. The van der Waals surface area contributed by atoms with Crippen molar-refractivity contribution in [2.75, 3.05) is 20.7 Å². The van der Waals surface area contributed by atoms with Gasteiger partial charge in [0.1, 0.15) is 12.2 Å². The second-order valence-corrected chi connectivity index (χ2v) is 12.2. The molecule has 0 amide bonds.